The number of carbonyl (C=O) groups excluding carboxylic acids is 3. The molecule has 0 bridgehead atoms. The van der Waals surface area contributed by atoms with Gasteiger partial charge in [-0.2, -0.15) is 5.10 Å². The van der Waals surface area contributed by atoms with Gasteiger partial charge in [-0.05, 0) is 53.2 Å². The van der Waals surface area contributed by atoms with Crippen LogP contribution in [0.3, 0.4) is 0 Å². The Labute approximate surface area is 270 Å². The van der Waals surface area contributed by atoms with E-state index in [1.165, 1.54) is 51.8 Å². The second-order valence-corrected chi connectivity index (χ2v) is 9.86. The summed E-state index contributed by atoms with van der Waals surface area (Å²) in [7, 11) is 4.36. The normalized spacial score (nSPS) is 11.0. The lowest BCUT2D eigenvalue weighted by atomic mass is 10.0. The van der Waals surface area contributed by atoms with Gasteiger partial charge in [0.05, 0.1) is 33.1 Å². The third kappa shape index (κ3) is 7.63. The van der Waals surface area contributed by atoms with E-state index < -0.39 is 11.9 Å². The molecule has 0 fully saturated rings. The van der Waals surface area contributed by atoms with Crippen LogP contribution in [0.5, 0.6) is 28.7 Å². The Kier molecular flexibility index (Phi) is 10.2. The van der Waals surface area contributed by atoms with Crippen LogP contribution in [0.25, 0.3) is 16.8 Å². The Morgan fingerprint density at radius 1 is 0.660 bits per heavy atom. The van der Waals surface area contributed by atoms with Gasteiger partial charge in [-0.25, -0.2) is 15.0 Å². The molecule has 0 aliphatic heterocycles. The summed E-state index contributed by atoms with van der Waals surface area (Å²) < 4.78 is 27.2. The molecule has 236 valence electrons. The average Bonchev–Trinajstić information content (AvgIpc) is 3.10. The largest absolute Gasteiger partial charge is 0.493 e. The van der Waals surface area contributed by atoms with Crippen molar-refractivity contribution in [2.45, 2.75) is 0 Å². The number of fused-ring (bicyclic) bond motifs is 1. The summed E-state index contributed by atoms with van der Waals surface area (Å²) >= 11 is 0. The monoisotopic (exact) mass is 630 g/mol. The lowest BCUT2D eigenvalue weighted by Crippen LogP contribution is -2.18. The molecule has 5 aromatic carbocycles. The van der Waals surface area contributed by atoms with Gasteiger partial charge in [0.1, 0.15) is 11.5 Å². The molecule has 0 saturated carbocycles. The molecule has 5 aromatic rings. The van der Waals surface area contributed by atoms with Crippen LogP contribution in [0.4, 0.5) is 0 Å². The topological polar surface area (TPSA) is 122 Å². The molecule has 10 heteroatoms. The molecule has 5 rings (SSSR count). The maximum Gasteiger partial charge on any atom is 0.343 e. The van der Waals surface area contributed by atoms with Crippen molar-refractivity contribution in [3.8, 4) is 28.7 Å². The summed E-state index contributed by atoms with van der Waals surface area (Å²) in [6.45, 7) is 0. The van der Waals surface area contributed by atoms with E-state index in [9.17, 15) is 14.4 Å². The van der Waals surface area contributed by atoms with Crippen LogP contribution in [0.15, 0.2) is 114 Å². The zero-order chi connectivity index (χ0) is 33.2. The maximum atomic E-state index is 13.1. The number of nitrogens with one attached hydrogen (secondary N) is 1. The number of benzene rings is 5. The molecule has 1 amide bonds. The van der Waals surface area contributed by atoms with E-state index in [0.29, 0.717) is 33.9 Å². The van der Waals surface area contributed by atoms with Gasteiger partial charge < -0.3 is 23.7 Å². The van der Waals surface area contributed by atoms with Gasteiger partial charge in [0.2, 0.25) is 5.75 Å². The maximum absolute atomic E-state index is 13.1. The molecule has 0 aromatic heterocycles. The second kappa shape index (κ2) is 15.0. The molecule has 47 heavy (non-hydrogen) atoms. The van der Waals surface area contributed by atoms with Crippen molar-refractivity contribution in [3.05, 3.63) is 131 Å². The van der Waals surface area contributed by atoms with Crippen molar-refractivity contribution < 1.29 is 38.1 Å². The van der Waals surface area contributed by atoms with Gasteiger partial charge in [0.15, 0.2) is 11.5 Å². The van der Waals surface area contributed by atoms with E-state index >= 15 is 0 Å². The Morgan fingerprint density at radius 3 is 1.98 bits per heavy atom. The third-order valence-electron chi connectivity index (χ3n) is 6.95. The average molecular weight is 631 g/mol. The van der Waals surface area contributed by atoms with Gasteiger partial charge >= 0.3 is 11.9 Å². The molecule has 0 atom stereocenters. The molecule has 0 spiro atoms. The van der Waals surface area contributed by atoms with Crippen LogP contribution < -0.4 is 29.1 Å². The minimum atomic E-state index is -0.684. The highest BCUT2D eigenvalue weighted by Crippen LogP contribution is 2.38. The summed E-state index contributed by atoms with van der Waals surface area (Å²) in [4.78, 5) is 38.7. The van der Waals surface area contributed by atoms with Gasteiger partial charge in [0.25, 0.3) is 5.91 Å². The SMILES string of the molecule is COc1cc(C(=O)Oc2ccccc2/C=C/C(=O)Oc2ccccc2/C=N/NC(=O)c2cccc3ccccc23)cc(OC)c1OC. The van der Waals surface area contributed by atoms with Crippen LogP contribution in [-0.2, 0) is 4.79 Å². The highest BCUT2D eigenvalue weighted by molar-refractivity contribution is 6.07. The minimum Gasteiger partial charge on any atom is -0.493 e. The van der Waals surface area contributed by atoms with Crippen LogP contribution >= 0.6 is 0 Å². The summed E-state index contributed by atoms with van der Waals surface area (Å²) in [5.74, 6) is -0.353. The van der Waals surface area contributed by atoms with Crippen molar-refractivity contribution in [2.24, 2.45) is 5.10 Å². The first-order chi connectivity index (χ1) is 22.9. The number of para-hydroxylation sites is 2. The minimum absolute atomic E-state index is 0.171. The number of rotatable bonds is 11. The predicted molar refractivity (Wildman–Crippen MR) is 178 cm³/mol. The first kappa shape index (κ1) is 32.0. The highest BCUT2D eigenvalue weighted by atomic mass is 16.5. The van der Waals surface area contributed by atoms with Gasteiger partial charge in [-0.3, -0.25) is 4.79 Å². The van der Waals surface area contributed by atoms with Crippen LogP contribution in [0.1, 0.15) is 31.8 Å². The van der Waals surface area contributed by atoms with Crippen molar-refractivity contribution in [3.63, 3.8) is 0 Å². The van der Waals surface area contributed by atoms with Gasteiger partial charge in [-0.15, -0.1) is 0 Å². The number of carbonyl (C=O) groups is 3. The number of amides is 1. The fourth-order valence-corrected chi connectivity index (χ4v) is 4.69. The van der Waals surface area contributed by atoms with Crippen molar-refractivity contribution in [1.82, 2.24) is 5.43 Å². The summed E-state index contributed by atoms with van der Waals surface area (Å²) in [6.07, 6.45) is 4.08. The standard InChI is InChI=1S/C37H30N2O8/c1-43-32-21-27(22-33(44-2)35(32)45-3)37(42)47-30-17-8-5-12-25(30)19-20-34(40)46-31-18-9-6-13-26(31)23-38-39-36(41)29-16-10-14-24-11-4-7-15-28(24)29/h4-23H,1-3H3,(H,39,41)/b20-19+,38-23+. The number of methoxy groups -OCH3 is 3. The molecule has 0 unspecified atom stereocenters. The third-order valence-corrected chi connectivity index (χ3v) is 6.95. The predicted octanol–water partition coefficient (Wildman–Crippen LogP) is 6.47. The van der Waals surface area contributed by atoms with E-state index in [-0.39, 0.29) is 23.0 Å². The van der Waals surface area contributed by atoms with Gasteiger partial charge in [0, 0.05) is 22.8 Å². The lowest BCUT2D eigenvalue weighted by Gasteiger charge is -2.14. The smallest absolute Gasteiger partial charge is 0.343 e. The Balaban J connectivity index is 1.26. The van der Waals surface area contributed by atoms with E-state index in [2.05, 4.69) is 10.5 Å². The van der Waals surface area contributed by atoms with E-state index in [0.717, 1.165) is 10.8 Å². The van der Waals surface area contributed by atoms with E-state index in [1.807, 2.05) is 30.3 Å². The fraction of sp³-hybridized carbons (Fsp3) is 0.0811. The van der Waals surface area contributed by atoms with Crippen molar-refractivity contribution in [1.29, 1.82) is 0 Å². The van der Waals surface area contributed by atoms with Crippen LogP contribution in [-0.4, -0.2) is 45.4 Å². The Hall–Kier alpha value is -6.42. The van der Waals surface area contributed by atoms with Gasteiger partial charge in [-0.1, -0.05) is 66.7 Å². The first-order valence-electron chi connectivity index (χ1n) is 14.3. The number of hydrogen-bond acceptors (Lipinski definition) is 9. The molecule has 1 N–H and O–H groups in total. The number of esters is 2. The lowest BCUT2D eigenvalue weighted by molar-refractivity contribution is -0.128. The molecule has 0 radical (unpaired) electrons. The zero-order valence-corrected chi connectivity index (χ0v) is 25.8. The quantitative estimate of drug-likeness (QED) is 0.0580. The fourth-order valence-electron chi connectivity index (χ4n) is 4.69. The van der Waals surface area contributed by atoms with Crippen molar-refractivity contribution >= 4 is 40.9 Å². The summed E-state index contributed by atoms with van der Waals surface area (Å²) in [5, 5.41) is 5.82. The number of ether oxygens (including phenoxy) is 5. The highest BCUT2D eigenvalue weighted by Gasteiger charge is 2.19. The number of hydrazone groups is 1. The molecule has 10 nitrogen and oxygen atoms in total. The molecule has 0 saturated heterocycles. The molecule has 0 heterocycles. The first-order valence-corrected chi connectivity index (χ1v) is 14.3. The Morgan fingerprint density at radius 2 is 1.28 bits per heavy atom. The summed E-state index contributed by atoms with van der Waals surface area (Å²) in [5.41, 5.74) is 4.11. The molecular weight excluding hydrogens is 600 g/mol. The second-order valence-electron chi connectivity index (χ2n) is 9.86. The molecule has 0 aliphatic carbocycles. The Bertz CT molecular complexity index is 1970. The molecule has 0 aliphatic rings. The number of nitrogens with zero attached hydrogens (tertiary/aromatic N) is 1. The summed E-state index contributed by atoms with van der Waals surface area (Å²) in [6, 6.07) is 29.5. The molecular formula is C37H30N2O8. The number of hydrogen-bond donors (Lipinski definition) is 1. The van der Waals surface area contributed by atoms with E-state index in [4.69, 9.17) is 23.7 Å². The van der Waals surface area contributed by atoms with Crippen LogP contribution in [0.2, 0.25) is 0 Å². The van der Waals surface area contributed by atoms with Crippen molar-refractivity contribution in [2.75, 3.05) is 21.3 Å². The van der Waals surface area contributed by atoms with Crippen LogP contribution in [0, 0.1) is 0 Å². The van der Waals surface area contributed by atoms with E-state index in [1.54, 1.807) is 60.7 Å². The zero-order valence-electron chi connectivity index (χ0n) is 25.8.